The third kappa shape index (κ3) is 2.39. The summed E-state index contributed by atoms with van der Waals surface area (Å²) in [6.07, 6.45) is 4.00. The first-order valence-corrected chi connectivity index (χ1v) is 6.15. The average Bonchev–Trinajstić information content (AvgIpc) is 2.82. The van der Waals surface area contributed by atoms with Crippen LogP contribution in [0.3, 0.4) is 0 Å². The molecule has 17 heavy (non-hydrogen) atoms. The molecule has 0 aromatic heterocycles. The maximum absolute atomic E-state index is 13.5. The second kappa shape index (κ2) is 4.96. The zero-order valence-electron chi connectivity index (χ0n) is 9.92. The molecule has 1 saturated carbocycles. The van der Waals surface area contributed by atoms with Gasteiger partial charge in [-0.3, -0.25) is 4.79 Å². The average molecular weight is 235 g/mol. The minimum atomic E-state index is -0.387. The van der Waals surface area contributed by atoms with Gasteiger partial charge in [-0.2, -0.15) is 0 Å². The number of hydrogen-bond donors (Lipinski definition) is 1. The van der Waals surface area contributed by atoms with Gasteiger partial charge in [-0.05, 0) is 24.5 Å². The molecule has 1 aliphatic rings. The number of halogens is 1. The smallest absolute Gasteiger partial charge is 0.144 e. The van der Waals surface area contributed by atoms with E-state index in [1.807, 2.05) is 0 Å². The fourth-order valence-electron chi connectivity index (χ4n) is 2.65. The SMILES string of the molecule is NCC1(C(=O)Cc2ccccc2F)CCCC1. The van der Waals surface area contributed by atoms with Gasteiger partial charge in [0.05, 0.1) is 0 Å². The number of rotatable bonds is 4. The molecule has 0 amide bonds. The van der Waals surface area contributed by atoms with Gasteiger partial charge in [0.2, 0.25) is 0 Å². The van der Waals surface area contributed by atoms with Crippen molar-refractivity contribution in [3.05, 3.63) is 35.6 Å². The summed E-state index contributed by atoms with van der Waals surface area (Å²) in [5, 5.41) is 0. The molecule has 2 N–H and O–H groups in total. The summed E-state index contributed by atoms with van der Waals surface area (Å²) in [6, 6.07) is 6.46. The van der Waals surface area contributed by atoms with E-state index >= 15 is 0 Å². The topological polar surface area (TPSA) is 43.1 Å². The predicted octanol–water partition coefficient (Wildman–Crippen LogP) is 2.46. The van der Waals surface area contributed by atoms with Gasteiger partial charge in [0.25, 0.3) is 0 Å². The quantitative estimate of drug-likeness (QED) is 0.871. The van der Waals surface area contributed by atoms with Crippen LogP contribution in [0.5, 0.6) is 0 Å². The minimum Gasteiger partial charge on any atom is -0.329 e. The van der Waals surface area contributed by atoms with Gasteiger partial charge in [0.15, 0.2) is 0 Å². The summed E-state index contributed by atoms with van der Waals surface area (Å²) in [5.74, 6) is -0.200. The Morgan fingerprint density at radius 2 is 1.94 bits per heavy atom. The first-order chi connectivity index (χ1) is 8.18. The van der Waals surface area contributed by atoms with Crippen LogP contribution in [0.25, 0.3) is 0 Å². The highest BCUT2D eigenvalue weighted by atomic mass is 19.1. The molecule has 3 heteroatoms. The van der Waals surface area contributed by atoms with E-state index in [4.69, 9.17) is 5.73 Å². The van der Waals surface area contributed by atoms with E-state index in [-0.39, 0.29) is 23.4 Å². The number of Topliss-reactive ketones (excluding diaryl/α,β-unsaturated/α-hetero) is 1. The molecule has 2 nitrogen and oxygen atoms in total. The maximum Gasteiger partial charge on any atom is 0.144 e. The summed E-state index contributed by atoms with van der Waals surface area (Å²) in [5.41, 5.74) is 5.84. The highest BCUT2D eigenvalue weighted by molar-refractivity contribution is 5.87. The number of nitrogens with two attached hydrogens (primary N) is 1. The lowest BCUT2D eigenvalue weighted by atomic mass is 9.79. The van der Waals surface area contributed by atoms with Crippen molar-refractivity contribution >= 4 is 5.78 Å². The van der Waals surface area contributed by atoms with Gasteiger partial charge in [-0.25, -0.2) is 4.39 Å². The number of ketones is 1. The molecule has 1 aromatic rings. The third-order valence-electron chi connectivity index (χ3n) is 3.85. The molecule has 1 fully saturated rings. The highest BCUT2D eigenvalue weighted by Gasteiger charge is 2.39. The van der Waals surface area contributed by atoms with E-state index in [0.717, 1.165) is 25.7 Å². The standard InChI is InChI=1S/C14H18FNO/c15-12-6-2-1-5-11(12)9-13(17)14(10-16)7-3-4-8-14/h1-2,5-6H,3-4,7-10,16H2. The molecule has 0 unspecified atom stereocenters. The Labute approximate surface area is 101 Å². The van der Waals surface area contributed by atoms with Crippen molar-refractivity contribution in [3.8, 4) is 0 Å². The second-order valence-electron chi connectivity index (χ2n) is 4.88. The van der Waals surface area contributed by atoms with Crippen LogP contribution in [0, 0.1) is 11.2 Å². The van der Waals surface area contributed by atoms with Gasteiger partial charge >= 0.3 is 0 Å². The van der Waals surface area contributed by atoms with Gasteiger partial charge in [0.1, 0.15) is 11.6 Å². The molecule has 0 atom stereocenters. The van der Waals surface area contributed by atoms with Crippen LogP contribution in [0.4, 0.5) is 4.39 Å². The number of hydrogen-bond acceptors (Lipinski definition) is 2. The zero-order valence-corrected chi connectivity index (χ0v) is 9.92. The largest absolute Gasteiger partial charge is 0.329 e. The zero-order chi connectivity index (χ0) is 12.3. The van der Waals surface area contributed by atoms with Crippen LogP contribution in [0.15, 0.2) is 24.3 Å². The predicted molar refractivity (Wildman–Crippen MR) is 65.1 cm³/mol. The van der Waals surface area contributed by atoms with Crippen LogP contribution in [-0.2, 0) is 11.2 Å². The third-order valence-corrected chi connectivity index (χ3v) is 3.85. The molecule has 92 valence electrons. The molecular weight excluding hydrogens is 217 g/mol. The molecule has 0 spiro atoms. The Balaban J connectivity index is 2.14. The first-order valence-electron chi connectivity index (χ1n) is 6.15. The van der Waals surface area contributed by atoms with Crippen LogP contribution in [0.2, 0.25) is 0 Å². The minimum absolute atomic E-state index is 0.0996. The molecule has 2 rings (SSSR count). The van der Waals surface area contributed by atoms with Crippen molar-refractivity contribution in [2.24, 2.45) is 11.1 Å². The normalized spacial score (nSPS) is 18.2. The Morgan fingerprint density at radius 3 is 2.53 bits per heavy atom. The molecule has 0 heterocycles. The maximum atomic E-state index is 13.5. The highest BCUT2D eigenvalue weighted by Crippen LogP contribution is 2.38. The van der Waals surface area contributed by atoms with Crippen LogP contribution in [0.1, 0.15) is 31.2 Å². The Morgan fingerprint density at radius 1 is 1.29 bits per heavy atom. The van der Waals surface area contributed by atoms with E-state index in [0.29, 0.717) is 12.1 Å². The number of carbonyl (C=O) groups excluding carboxylic acids is 1. The summed E-state index contributed by atoms with van der Waals surface area (Å²) >= 11 is 0. The molecule has 0 saturated heterocycles. The van der Waals surface area contributed by atoms with Gasteiger partial charge in [0, 0.05) is 18.4 Å². The van der Waals surface area contributed by atoms with Crippen molar-refractivity contribution in [1.29, 1.82) is 0 Å². The monoisotopic (exact) mass is 235 g/mol. The van der Waals surface area contributed by atoms with E-state index in [1.165, 1.54) is 6.07 Å². The van der Waals surface area contributed by atoms with E-state index in [1.54, 1.807) is 18.2 Å². The van der Waals surface area contributed by atoms with Crippen molar-refractivity contribution < 1.29 is 9.18 Å². The Kier molecular flexibility index (Phi) is 3.57. The summed E-state index contributed by atoms with van der Waals surface area (Å²) in [6.45, 7) is 0.389. The van der Waals surface area contributed by atoms with Gasteiger partial charge in [-0.15, -0.1) is 0 Å². The molecule has 0 aliphatic heterocycles. The van der Waals surface area contributed by atoms with Gasteiger partial charge < -0.3 is 5.73 Å². The van der Waals surface area contributed by atoms with E-state index < -0.39 is 0 Å². The molecular formula is C14H18FNO. The fraction of sp³-hybridized carbons (Fsp3) is 0.500. The molecule has 1 aliphatic carbocycles. The lowest BCUT2D eigenvalue weighted by Crippen LogP contribution is -2.37. The molecule has 0 radical (unpaired) electrons. The van der Waals surface area contributed by atoms with E-state index in [9.17, 15) is 9.18 Å². The van der Waals surface area contributed by atoms with Crippen LogP contribution in [-0.4, -0.2) is 12.3 Å². The Bertz CT molecular complexity index is 410. The summed E-state index contributed by atoms with van der Waals surface area (Å²) in [7, 11) is 0. The summed E-state index contributed by atoms with van der Waals surface area (Å²) in [4.78, 5) is 12.3. The lowest BCUT2D eigenvalue weighted by molar-refractivity contribution is -0.127. The number of benzene rings is 1. The van der Waals surface area contributed by atoms with Gasteiger partial charge in [-0.1, -0.05) is 31.0 Å². The van der Waals surface area contributed by atoms with Crippen molar-refractivity contribution in [2.45, 2.75) is 32.1 Å². The van der Waals surface area contributed by atoms with Crippen LogP contribution >= 0.6 is 0 Å². The van der Waals surface area contributed by atoms with Crippen molar-refractivity contribution in [3.63, 3.8) is 0 Å². The van der Waals surface area contributed by atoms with Crippen molar-refractivity contribution in [2.75, 3.05) is 6.54 Å². The van der Waals surface area contributed by atoms with Crippen molar-refractivity contribution in [1.82, 2.24) is 0 Å². The summed E-state index contributed by atoms with van der Waals surface area (Å²) < 4.78 is 13.5. The Hall–Kier alpha value is -1.22. The van der Waals surface area contributed by atoms with Crippen LogP contribution < -0.4 is 5.73 Å². The second-order valence-corrected chi connectivity index (χ2v) is 4.88. The number of carbonyl (C=O) groups is 1. The fourth-order valence-corrected chi connectivity index (χ4v) is 2.65. The lowest BCUT2D eigenvalue weighted by Gasteiger charge is -2.25. The van der Waals surface area contributed by atoms with E-state index in [2.05, 4.69) is 0 Å². The molecule has 0 bridgehead atoms. The molecule has 1 aromatic carbocycles. The first kappa shape index (κ1) is 12.2.